The van der Waals surface area contributed by atoms with Crippen molar-refractivity contribution in [3.63, 3.8) is 0 Å². The monoisotopic (exact) mass is 240 g/mol. The van der Waals surface area contributed by atoms with Gasteiger partial charge in [-0.15, -0.1) is 0 Å². The summed E-state index contributed by atoms with van der Waals surface area (Å²) in [6.07, 6.45) is 0. The number of nitrogens with two attached hydrogens (primary N) is 1. The van der Waals surface area contributed by atoms with Crippen LogP contribution in [0.15, 0.2) is 48.5 Å². The van der Waals surface area contributed by atoms with Crippen LogP contribution in [0, 0.1) is 6.92 Å². The van der Waals surface area contributed by atoms with E-state index in [9.17, 15) is 0 Å². The molecule has 0 radical (unpaired) electrons. The van der Waals surface area contributed by atoms with Crippen LogP contribution in [0.3, 0.4) is 0 Å². The maximum absolute atomic E-state index is 5.86. The van der Waals surface area contributed by atoms with E-state index in [1.54, 1.807) is 0 Å². The van der Waals surface area contributed by atoms with E-state index in [0.717, 1.165) is 5.56 Å². The Morgan fingerprint density at radius 2 is 1.61 bits per heavy atom. The van der Waals surface area contributed by atoms with Gasteiger partial charge in [-0.05, 0) is 43.2 Å². The van der Waals surface area contributed by atoms with Crippen LogP contribution in [-0.4, -0.2) is 7.05 Å². The smallest absolute Gasteiger partial charge is 0.0437 e. The molecule has 0 bridgehead atoms. The van der Waals surface area contributed by atoms with E-state index >= 15 is 0 Å². The summed E-state index contributed by atoms with van der Waals surface area (Å²) in [7, 11) is 2.09. The predicted octanol–water partition coefficient (Wildman–Crippen LogP) is 3.78. The normalized spacial score (nSPS) is 12.2. The first-order valence-electron chi connectivity index (χ1n) is 6.24. The molecule has 18 heavy (non-hydrogen) atoms. The highest BCUT2D eigenvalue weighted by atomic mass is 15.1. The van der Waals surface area contributed by atoms with Crippen molar-refractivity contribution in [1.82, 2.24) is 0 Å². The minimum atomic E-state index is 0.0859. The number of anilines is 2. The average molecular weight is 240 g/mol. The molecule has 0 aliphatic carbocycles. The first kappa shape index (κ1) is 12.7. The molecule has 0 aliphatic rings. The van der Waals surface area contributed by atoms with E-state index in [1.165, 1.54) is 16.9 Å². The number of hydrogen-bond acceptors (Lipinski definition) is 2. The largest absolute Gasteiger partial charge is 0.344 e. The van der Waals surface area contributed by atoms with Gasteiger partial charge in [0, 0.05) is 24.5 Å². The summed E-state index contributed by atoms with van der Waals surface area (Å²) in [5.74, 6) is 0. The Hall–Kier alpha value is -1.80. The number of benzene rings is 2. The van der Waals surface area contributed by atoms with Crippen molar-refractivity contribution < 1.29 is 0 Å². The number of hydrogen-bond donors (Lipinski definition) is 1. The van der Waals surface area contributed by atoms with Gasteiger partial charge < -0.3 is 10.6 Å². The van der Waals surface area contributed by atoms with Crippen LogP contribution in [0.4, 0.5) is 11.4 Å². The first-order chi connectivity index (χ1) is 8.59. The number of aryl methyl sites for hydroxylation is 1. The molecular formula is C16H20N2. The molecule has 2 heteroatoms. The average Bonchev–Trinajstić information content (AvgIpc) is 2.38. The fraction of sp³-hybridized carbons (Fsp3) is 0.250. The Bertz CT molecular complexity index is 515. The van der Waals surface area contributed by atoms with Crippen LogP contribution in [-0.2, 0) is 0 Å². The minimum Gasteiger partial charge on any atom is -0.344 e. The van der Waals surface area contributed by atoms with Gasteiger partial charge in [0.1, 0.15) is 0 Å². The maximum Gasteiger partial charge on any atom is 0.0437 e. The minimum absolute atomic E-state index is 0.0859. The topological polar surface area (TPSA) is 29.3 Å². The first-order valence-corrected chi connectivity index (χ1v) is 6.24. The molecule has 0 aromatic heterocycles. The van der Waals surface area contributed by atoms with Crippen LogP contribution in [0.25, 0.3) is 0 Å². The third kappa shape index (κ3) is 2.54. The number of rotatable bonds is 3. The molecular weight excluding hydrogens is 220 g/mol. The van der Waals surface area contributed by atoms with E-state index in [0.29, 0.717) is 0 Å². The molecule has 1 atom stereocenters. The van der Waals surface area contributed by atoms with Gasteiger partial charge in [-0.25, -0.2) is 0 Å². The fourth-order valence-corrected chi connectivity index (χ4v) is 2.08. The highest BCUT2D eigenvalue weighted by Crippen LogP contribution is 2.27. The second-order valence-electron chi connectivity index (χ2n) is 4.73. The van der Waals surface area contributed by atoms with E-state index < -0.39 is 0 Å². The van der Waals surface area contributed by atoms with Crippen molar-refractivity contribution >= 4 is 11.4 Å². The summed E-state index contributed by atoms with van der Waals surface area (Å²) in [6, 6.07) is 16.9. The second kappa shape index (κ2) is 5.23. The van der Waals surface area contributed by atoms with Gasteiger partial charge in [0.2, 0.25) is 0 Å². The van der Waals surface area contributed by atoms with Crippen molar-refractivity contribution in [2.45, 2.75) is 19.9 Å². The van der Waals surface area contributed by atoms with E-state index in [4.69, 9.17) is 5.73 Å². The van der Waals surface area contributed by atoms with Gasteiger partial charge in [0.15, 0.2) is 0 Å². The predicted molar refractivity (Wildman–Crippen MR) is 78.3 cm³/mol. The van der Waals surface area contributed by atoms with Crippen molar-refractivity contribution in [2.24, 2.45) is 5.73 Å². The second-order valence-corrected chi connectivity index (χ2v) is 4.73. The zero-order valence-electron chi connectivity index (χ0n) is 11.2. The number of para-hydroxylation sites is 1. The summed E-state index contributed by atoms with van der Waals surface area (Å²) in [5.41, 5.74) is 10.7. The lowest BCUT2D eigenvalue weighted by Gasteiger charge is -2.22. The van der Waals surface area contributed by atoms with Crippen LogP contribution >= 0.6 is 0 Å². The molecule has 2 aromatic carbocycles. The van der Waals surface area contributed by atoms with Crippen LogP contribution in [0.1, 0.15) is 24.1 Å². The lowest BCUT2D eigenvalue weighted by atomic mass is 10.1. The molecule has 0 aliphatic heterocycles. The van der Waals surface area contributed by atoms with E-state index in [2.05, 4.69) is 67.4 Å². The van der Waals surface area contributed by atoms with Crippen molar-refractivity contribution in [2.75, 3.05) is 11.9 Å². The summed E-state index contributed by atoms with van der Waals surface area (Å²) in [6.45, 7) is 4.13. The quantitative estimate of drug-likeness (QED) is 0.884. The Morgan fingerprint density at radius 1 is 1.00 bits per heavy atom. The molecule has 0 saturated carbocycles. The number of nitrogens with zero attached hydrogens (tertiary/aromatic N) is 1. The summed E-state index contributed by atoms with van der Waals surface area (Å²) >= 11 is 0. The molecule has 0 unspecified atom stereocenters. The molecule has 2 nitrogen and oxygen atoms in total. The lowest BCUT2D eigenvalue weighted by Crippen LogP contribution is -2.11. The lowest BCUT2D eigenvalue weighted by molar-refractivity contribution is 0.818. The van der Waals surface area contributed by atoms with E-state index in [1.807, 2.05) is 6.92 Å². The highest BCUT2D eigenvalue weighted by Gasteiger charge is 2.06. The summed E-state index contributed by atoms with van der Waals surface area (Å²) in [4.78, 5) is 2.19. The summed E-state index contributed by atoms with van der Waals surface area (Å²) < 4.78 is 0. The van der Waals surface area contributed by atoms with Crippen LogP contribution in [0.2, 0.25) is 0 Å². The maximum atomic E-state index is 5.86. The zero-order valence-corrected chi connectivity index (χ0v) is 11.2. The Labute approximate surface area is 109 Å². The fourth-order valence-electron chi connectivity index (χ4n) is 2.08. The Balaban J connectivity index is 2.29. The van der Waals surface area contributed by atoms with Gasteiger partial charge in [-0.2, -0.15) is 0 Å². The molecule has 2 aromatic rings. The van der Waals surface area contributed by atoms with Gasteiger partial charge in [-0.1, -0.05) is 30.3 Å². The molecule has 2 N–H and O–H groups in total. The molecule has 0 saturated heterocycles. The third-order valence-electron chi connectivity index (χ3n) is 3.28. The van der Waals surface area contributed by atoms with Crippen LogP contribution in [0.5, 0.6) is 0 Å². The molecule has 0 fully saturated rings. The van der Waals surface area contributed by atoms with Crippen molar-refractivity contribution in [3.8, 4) is 0 Å². The van der Waals surface area contributed by atoms with Crippen molar-refractivity contribution in [1.29, 1.82) is 0 Å². The van der Waals surface area contributed by atoms with Crippen LogP contribution < -0.4 is 10.6 Å². The van der Waals surface area contributed by atoms with Gasteiger partial charge in [0.25, 0.3) is 0 Å². The van der Waals surface area contributed by atoms with E-state index in [-0.39, 0.29) is 6.04 Å². The molecule has 0 spiro atoms. The summed E-state index contributed by atoms with van der Waals surface area (Å²) in [5, 5.41) is 0. The Kier molecular flexibility index (Phi) is 3.68. The standard InChI is InChI=1S/C16H20N2/c1-12-6-4-5-7-16(12)18(3)15-10-8-14(9-11-15)13(2)17/h4-11,13H,17H2,1-3H3/t13-/m1/s1. The van der Waals surface area contributed by atoms with Gasteiger partial charge in [-0.3, -0.25) is 0 Å². The van der Waals surface area contributed by atoms with Gasteiger partial charge in [0.05, 0.1) is 0 Å². The SMILES string of the molecule is Cc1ccccc1N(C)c1ccc([C@@H](C)N)cc1. The molecule has 2 rings (SSSR count). The zero-order chi connectivity index (χ0) is 13.1. The highest BCUT2D eigenvalue weighted by molar-refractivity contribution is 5.65. The van der Waals surface area contributed by atoms with Crippen molar-refractivity contribution in [3.05, 3.63) is 59.7 Å². The molecule has 94 valence electrons. The Morgan fingerprint density at radius 3 is 2.17 bits per heavy atom. The third-order valence-corrected chi connectivity index (χ3v) is 3.28. The molecule has 0 amide bonds. The van der Waals surface area contributed by atoms with Gasteiger partial charge >= 0.3 is 0 Å². The molecule has 0 heterocycles.